The average molecular weight is 243 g/mol. The molecule has 1 aliphatic rings. The third-order valence-corrected chi connectivity index (χ3v) is 4.02. The molecule has 0 heterocycles. The van der Waals surface area contributed by atoms with Crippen molar-refractivity contribution in [3.05, 3.63) is 0 Å². The molecule has 0 aromatic heterocycles. The predicted octanol–water partition coefficient (Wildman–Crippen LogP) is 2.69. The second kappa shape index (κ2) is 7.34. The van der Waals surface area contributed by atoms with Crippen molar-refractivity contribution < 1.29 is 9.94 Å². The lowest BCUT2D eigenvalue weighted by atomic mass is 9.80. The van der Waals surface area contributed by atoms with E-state index in [1.807, 2.05) is 12.1 Å². The largest absolute Gasteiger partial charge is 0.393 e. The highest BCUT2D eigenvalue weighted by Crippen LogP contribution is 2.29. The van der Waals surface area contributed by atoms with Crippen LogP contribution in [0.25, 0.3) is 0 Å². The Balaban J connectivity index is 2.20. The standard InChI is InChI=1S/C14H29NO2/c1-5-11(2)10-17-15(4)9-13-6-7-14(16)12(3)8-13/h11-14,16H,5-10H2,1-4H3. The van der Waals surface area contributed by atoms with Crippen LogP contribution in [0, 0.1) is 17.8 Å². The molecule has 1 aliphatic carbocycles. The van der Waals surface area contributed by atoms with Crippen LogP contribution in [0.3, 0.4) is 0 Å². The van der Waals surface area contributed by atoms with E-state index in [4.69, 9.17) is 4.84 Å². The van der Waals surface area contributed by atoms with Crippen LogP contribution < -0.4 is 0 Å². The van der Waals surface area contributed by atoms with Gasteiger partial charge in [-0.1, -0.05) is 27.2 Å². The first kappa shape index (κ1) is 14.9. The van der Waals surface area contributed by atoms with Crippen molar-refractivity contribution in [3.63, 3.8) is 0 Å². The average Bonchev–Trinajstić information content (AvgIpc) is 2.31. The van der Waals surface area contributed by atoms with Crippen LogP contribution in [-0.2, 0) is 4.84 Å². The maximum absolute atomic E-state index is 9.69. The predicted molar refractivity (Wildman–Crippen MR) is 70.5 cm³/mol. The van der Waals surface area contributed by atoms with Gasteiger partial charge >= 0.3 is 0 Å². The number of aliphatic hydroxyl groups excluding tert-OH is 1. The number of rotatable bonds is 6. The van der Waals surface area contributed by atoms with E-state index in [0.29, 0.717) is 17.8 Å². The number of nitrogens with zero attached hydrogens (tertiary/aromatic N) is 1. The zero-order valence-electron chi connectivity index (χ0n) is 11.9. The van der Waals surface area contributed by atoms with E-state index in [0.717, 1.165) is 32.4 Å². The summed E-state index contributed by atoms with van der Waals surface area (Å²) >= 11 is 0. The fourth-order valence-corrected chi connectivity index (χ4v) is 2.45. The molecule has 1 fully saturated rings. The molecule has 0 bridgehead atoms. The van der Waals surface area contributed by atoms with Crippen LogP contribution in [0.4, 0.5) is 0 Å². The van der Waals surface area contributed by atoms with Gasteiger partial charge in [0.15, 0.2) is 0 Å². The summed E-state index contributed by atoms with van der Waals surface area (Å²) in [6, 6.07) is 0. The maximum Gasteiger partial charge on any atom is 0.0710 e. The highest BCUT2D eigenvalue weighted by molar-refractivity contribution is 4.77. The SMILES string of the molecule is CCC(C)CON(C)CC1CCC(O)C(C)C1. The quantitative estimate of drug-likeness (QED) is 0.728. The van der Waals surface area contributed by atoms with E-state index in [1.54, 1.807) is 0 Å². The molecule has 0 spiro atoms. The number of hydrogen-bond donors (Lipinski definition) is 1. The fraction of sp³-hybridized carbons (Fsp3) is 1.00. The smallest absolute Gasteiger partial charge is 0.0710 e. The molecule has 0 amide bonds. The minimum Gasteiger partial charge on any atom is -0.393 e. The number of hydrogen-bond acceptors (Lipinski definition) is 3. The zero-order chi connectivity index (χ0) is 12.8. The minimum atomic E-state index is -0.0856. The van der Waals surface area contributed by atoms with Gasteiger partial charge < -0.3 is 5.11 Å². The van der Waals surface area contributed by atoms with Crippen LogP contribution in [-0.4, -0.2) is 36.5 Å². The Morgan fingerprint density at radius 3 is 2.71 bits per heavy atom. The van der Waals surface area contributed by atoms with Gasteiger partial charge in [-0.2, -0.15) is 5.06 Å². The highest BCUT2D eigenvalue weighted by atomic mass is 16.7. The second-order valence-corrected chi connectivity index (χ2v) is 5.84. The summed E-state index contributed by atoms with van der Waals surface area (Å²) in [5.74, 6) is 1.75. The Morgan fingerprint density at radius 1 is 1.41 bits per heavy atom. The lowest BCUT2D eigenvalue weighted by Crippen LogP contribution is -2.34. The summed E-state index contributed by atoms with van der Waals surface area (Å²) in [6.45, 7) is 8.37. The van der Waals surface area contributed by atoms with Gasteiger partial charge in [-0.15, -0.1) is 0 Å². The second-order valence-electron chi connectivity index (χ2n) is 5.84. The van der Waals surface area contributed by atoms with Crippen molar-refractivity contribution in [2.45, 2.75) is 52.6 Å². The molecule has 1 saturated carbocycles. The van der Waals surface area contributed by atoms with Crippen molar-refractivity contribution in [2.24, 2.45) is 17.8 Å². The van der Waals surface area contributed by atoms with Gasteiger partial charge in [0.05, 0.1) is 12.7 Å². The Labute approximate surface area is 106 Å². The Morgan fingerprint density at radius 2 is 2.12 bits per heavy atom. The first-order valence-corrected chi connectivity index (χ1v) is 7.05. The Hall–Kier alpha value is -0.120. The van der Waals surface area contributed by atoms with Crippen LogP contribution in [0.5, 0.6) is 0 Å². The summed E-state index contributed by atoms with van der Waals surface area (Å²) in [6.07, 6.45) is 4.28. The lowest BCUT2D eigenvalue weighted by molar-refractivity contribution is -0.161. The van der Waals surface area contributed by atoms with Gasteiger partial charge in [0.1, 0.15) is 0 Å². The van der Waals surface area contributed by atoms with E-state index in [-0.39, 0.29) is 6.10 Å². The maximum atomic E-state index is 9.69. The molecule has 3 heteroatoms. The van der Waals surface area contributed by atoms with E-state index in [1.165, 1.54) is 6.42 Å². The third-order valence-electron chi connectivity index (χ3n) is 4.02. The molecule has 102 valence electrons. The topological polar surface area (TPSA) is 32.7 Å². The molecule has 4 unspecified atom stereocenters. The molecule has 17 heavy (non-hydrogen) atoms. The third kappa shape index (κ3) is 5.36. The molecule has 0 aromatic rings. The molecular weight excluding hydrogens is 214 g/mol. The van der Waals surface area contributed by atoms with Gasteiger partial charge in [-0.25, -0.2) is 0 Å². The molecule has 0 saturated heterocycles. The molecule has 3 nitrogen and oxygen atoms in total. The normalized spacial score (nSPS) is 31.8. The monoisotopic (exact) mass is 243 g/mol. The van der Waals surface area contributed by atoms with Gasteiger partial charge in [0.25, 0.3) is 0 Å². The molecule has 1 rings (SSSR count). The van der Waals surface area contributed by atoms with Crippen molar-refractivity contribution in [1.82, 2.24) is 5.06 Å². The highest BCUT2D eigenvalue weighted by Gasteiger charge is 2.26. The molecule has 1 N–H and O–H groups in total. The number of aliphatic hydroxyl groups is 1. The van der Waals surface area contributed by atoms with Gasteiger partial charge in [-0.05, 0) is 37.0 Å². The van der Waals surface area contributed by atoms with Crippen LogP contribution >= 0.6 is 0 Å². The zero-order valence-corrected chi connectivity index (χ0v) is 11.9. The van der Waals surface area contributed by atoms with Crippen molar-refractivity contribution in [1.29, 1.82) is 0 Å². The van der Waals surface area contributed by atoms with E-state index in [9.17, 15) is 5.11 Å². The molecular formula is C14H29NO2. The summed E-state index contributed by atoms with van der Waals surface area (Å²) in [4.78, 5) is 5.73. The van der Waals surface area contributed by atoms with Crippen molar-refractivity contribution >= 4 is 0 Å². The molecule has 0 aliphatic heterocycles. The minimum absolute atomic E-state index is 0.0856. The van der Waals surface area contributed by atoms with Crippen LogP contribution in [0.2, 0.25) is 0 Å². The van der Waals surface area contributed by atoms with E-state index in [2.05, 4.69) is 20.8 Å². The van der Waals surface area contributed by atoms with E-state index >= 15 is 0 Å². The van der Waals surface area contributed by atoms with Crippen molar-refractivity contribution in [3.8, 4) is 0 Å². The first-order valence-electron chi connectivity index (χ1n) is 7.05. The molecule has 0 aromatic carbocycles. The van der Waals surface area contributed by atoms with Crippen molar-refractivity contribution in [2.75, 3.05) is 20.2 Å². The summed E-state index contributed by atoms with van der Waals surface area (Å²) in [5, 5.41) is 11.7. The van der Waals surface area contributed by atoms with Crippen LogP contribution in [0.15, 0.2) is 0 Å². The van der Waals surface area contributed by atoms with Gasteiger partial charge in [0.2, 0.25) is 0 Å². The summed E-state index contributed by atoms with van der Waals surface area (Å²) < 4.78 is 0. The number of hydroxylamine groups is 2. The Kier molecular flexibility index (Phi) is 6.45. The summed E-state index contributed by atoms with van der Waals surface area (Å²) in [7, 11) is 2.03. The van der Waals surface area contributed by atoms with Gasteiger partial charge in [0, 0.05) is 13.6 Å². The van der Waals surface area contributed by atoms with E-state index < -0.39 is 0 Å². The fourth-order valence-electron chi connectivity index (χ4n) is 2.45. The Bertz CT molecular complexity index is 210. The summed E-state index contributed by atoms with van der Waals surface area (Å²) in [5.41, 5.74) is 0. The first-order chi connectivity index (χ1) is 8.02. The van der Waals surface area contributed by atoms with Gasteiger partial charge in [-0.3, -0.25) is 4.84 Å². The lowest BCUT2D eigenvalue weighted by Gasteiger charge is -2.33. The van der Waals surface area contributed by atoms with Crippen LogP contribution in [0.1, 0.15) is 46.5 Å². The molecule has 0 radical (unpaired) electrons. The molecule has 4 atom stereocenters.